The monoisotopic (exact) mass is 433 g/mol. The number of nitrogens with one attached hydrogen (secondary N) is 1. The lowest BCUT2D eigenvalue weighted by Gasteiger charge is -2.14. The van der Waals surface area contributed by atoms with Crippen LogP contribution >= 0.6 is 0 Å². The van der Waals surface area contributed by atoms with Crippen molar-refractivity contribution in [2.24, 2.45) is 0 Å². The normalized spacial score (nSPS) is 16.0. The van der Waals surface area contributed by atoms with Crippen LogP contribution in [0, 0.1) is 18.6 Å². The zero-order valence-electron chi connectivity index (χ0n) is 17.5. The molecular weight excluding hydrogens is 412 g/mol. The first kappa shape index (κ1) is 20.0. The van der Waals surface area contributed by atoms with Crippen molar-refractivity contribution in [1.29, 1.82) is 0 Å². The van der Waals surface area contributed by atoms with Crippen LogP contribution in [0.15, 0.2) is 60.9 Å². The number of hydrogen-bond donors (Lipinski definition) is 1. The highest BCUT2D eigenvalue weighted by molar-refractivity contribution is 5.56. The van der Waals surface area contributed by atoms with E-state index in [1.165, 1.54) is 29.2 Å². The lowest BCUT2D eigenvalue weighted by Crippen LogP contribution is -2.08. The minimum absolute atomic E-state index is 0.0805. The van der Waals surface area contributed by atoms with Crippen molar-refractivity contribution in [2.45, 2.75) is 32.2 Å². The summed E-state index contributed by atoms with van der Waals surface area (Å²) < 4.78 is 31.4. The first-order chi connectivity index (χ1) is 15.5. The maximum Gasteiger partial charge on any atom is 0.246 e. The third kappa shape index (κ3) is 3.77. The molecular formula is C23H21F2N7. The molecule has 2 aromatic carbocycles. The van der Waals surface area contributed by atoms with Crippen molar-refractivity contribution < 1.29 is 8.78 Å². The number of anilines is 2. The van der Waals surface area contributed by atoms with Gasteiger partial charge in [-0.25, -0.2) is 23.1 Å². The standard InChI is InChI=1S/C23H21F2N7/c1-14-9-10-31-22(19(11-14)16-3-5-17(24)6-4-16)29-23(30-31)28-18-7-8-21(20(25)12-18)32-15(2)26-13-27-32/h3-8,12-13,19H,1,9-11H2,2H3,(H,28,30). The summed E-state index contributed by atoms with van der Waals surface area (Å²) >= 11 is 0. The number of allylic oxidation sites excluding steroid dienone is 1. The van der Waals surface area contributed by atoms with Gasteiger partial charge in [-0.05, 0) is 55.7 Å². The van der Waals surface area contributed by atoms with Gasteiger partial charge in [-0.3, -0.25) is 0 Å². The summed E-state index contributed by atoms with van der Waals surface area (Å²) in [4.78, 5) is 8.72. The SMILES string of the molecule is C=C1CCn2nc(Nc3ccc(-n4ncnc4C)c(F)c3)nc2C(c2ccc(F)cc2)C1. The molecule has 1 aliphatic heterocycles. The summed E-state index contributed by atoms with van der Waals surface area (Å²) in [5.74, 6) is 0.943. The predicted molar refractivity (Wildman–Crippen MR) is 116 cm³/mol. The van der Waals surface area contributed by atoms with Crippen LogP contribution in [0.25, 0.3) is 5.69 Å². The van der Waals surface area contributed by atoms with Crippen LogP contribution in [0.1, 0.15) is 36.0 Å². The molecule has 5 rings (SSSR count). The number of aryl methyl sites for hydroxylation is 2. The van der Waals surface area contributed by atoms with E-state index in [1.54, 1.807) is 31.2 Å². The number of aromatic nitrogens is 6. The number of nitrogens with zero attached hydrogens (tertiary/aromatic N) is 6. The van der Waals surface area contributed by atoms with Crippen LogP contribution in [-0.2, 0) is 6.54 Å². The van der Waals surface area contributed by atoms with Gasteiger partial charge in [0, 0.05) is 18.2 Å². The molecule has 2 aromatic heterocycles. The van der Waals surface area contributed by atoms with E-state index in [0.29, 0.717) is 36.1 Å². The lowest BCUT2D eigenvalue weighted by molar-refractivity contribution is 0.593. The highest BCUT2D eigenvalue weighted by Crippen LogP contribution is 2.34. The van der Waals surface area contributed by atoms with E-state index in [0.717, 1.165) is 23.4 Å². The molecule has 7 nitrogen and oxygen atoms in total. The molecule has 162 valence electrons. The molecule has 0 aliphatic carbocycles. The molecule has 0 saturated carbocycles. The Morgan fingerprint density at radius 3 is 2.66 bits per heavy atom. The summed E-state index contributed by atoms with van der Waals surface area (Å²) in [6, 6.07) is 11.2. The second kappa shape index (κ2) is 7.99. The minimum Gasteiger partial charge on any atom is -0.323 e. The first-order valence-electron chi connectivity index (χ1n) is 10.3. The molecule has 1 atom stereocenters. The number of rotatable bonds is 4. The second-order valence-corrected chi connectivity index (χ2v) is 7.84. The Morgan fingerprint density at radius 2 is 1.94 bits per heavy atom. The molecule has 4 aromatic rings. The van der Waals surface area contributed by atoms with Gasteiger partial charge in [-0.1, -0.05) is 24.3 Å². The number of benzene rings is 2. The fraction of sp³-hybridized carbons (Fsp3) is 0.217. The van der Waals surface area contributed by atoms with Crippen molar-refractivity contribution in [3.63, 3.8) is 0 Å². The number of halogens is 2. The van der Waals surface area contributed by atoms with Gasteiger partial charge < -0.3 is 5.32 Å². The maximum atomic E-state index is 14.7. The van der Waals surface area contributed by atoms with E-state index in [1.807, 2.05) is 4.68 Å². The summed E-state index contributed by atoms with van der Waals surface area (Å²) in [5, 5.41) is 11.7. The van der Waals surface area contributed by atoms with Crippen LogP contribution in [0.4, 0.5) is 20.4 Å². The zero-order chi connectivity index (χ0) is 22.2. The Morgan fingerprint density at radius 1 is 1.12 bits per heavy atom. The summed E-state index contributed by atoms with van der Waals surface area (Å²) in [6.45, 7) is 6.56. The van der Waals surface area contributed by atoms with E-state index in [9.17, 15) is 8.78 Å². The van der Waals surface area contributed by atoms with Gasteiger partial charge in [-0.15, -0.1) is 5.10 Å². The van der Waals surface area contributed by atoms with E-state index in [2.05, 4.69) is 27.1 Å². The third-order valence-electron chi connectivity index (χ3n) is 5.60. The zero-order valence-corrected chi connectivity index (χ0v) is 17.5. The minimum atomic E-state index is -0.440. The van der Waals surface area contributed by atoms with Gasteiger partial charge in [0.2, 0.25) is 5.95 Å². The molecule has 9 heteroatoms. The topological polar surface area (TPSA) is 73.5 Å². The van der Waals surface area contributed by atoms with Crippen LogP contribution in [-0.4, -0.2) is 29.5 Å². The van der Waals surface area contributed by atoms with Gasteiger partial charge in [0.1, 0.15) is 29.5 Å². The largest absolute Gasteiger partial charge is 0.323 e. The maximum absolute atomic E-state index is 14.7. The molecule has 0 spiro atoms. The van der Waals surface area contributed by atoms with Crippen LogP contribution < -0.4 is 5.32 Å². The Balaban J connectivity index is 1.44. The molecule has 1 N–H and O–H groups in total. The summed E-state index contributed by atoms with van der Waals surface area (Å²) in [7, 11) is 0. The lowest BCUT2D eigenvalue weighted by atomic mass is 9.92. The Labute approximate surface area is 183 Å². The van der Waals surface area contributed by atoms with Crippen molar-refractivity contribution in [2.75, 3.05) is 5.32 Å². The van der Waals surface area contributed by atoms with Gasteiger partial charge in [-0.2, -0.15) is 10.1 Å². The predicted octanol–water partition coefficient (Wildman–Crippen LogP) is 4.67. The van der Waals surface area contributed by atoms with Crippen LogP contribution in [0.3, 0.4) is 0 Å². The highest BCUT2D eigenvalue weighted by Gasteiger charge is 2.26. The molecule has 1 aliphatic rings. The Hall–Kier alpha value is -3.88. The van der Waals surface area contributed by atoms with E-state index < -0.39 is 5.82 Å². The van der Waals surface area contributed by atoms with Crippen molar-refractivity contribution in [1.82, 2.24) is 29.5 Å². The molecule has 32 heavy (non-hydrogen) atoms. The first-order valence-corrected chi connectivity index (χ1v) is 10.3. The summed E-state index contributed by atoms with van der Waals surface area (Å²) in [6.07, 6.45) is 2.88. The van der Waals surface area contributed by atoms with Crippen LogP contribution in [0.2, 0.25) is 0 Å². The number of fused-ring (bicyclic) bond motifs is 1. The van der Waals surface area contributed by atoms with Gasteiger partial charge >= 0.3 is 0 Å². The fourth-order valence-electron chi connectivity index (χ4n) is 3.96. The second-order valence-electron chi connectivity index (χ2n) is 7.84. The smallest absolute Gasteiger partial charge is 0.246 e. The van der Waals surface area contributed by atoms with Gasteiger partial charge in [0.05, 0.1) is 0 Å². The Kier molecular flexibility index (Phi) is 5.01. The molecule has 0 amide bonds. The average molecular weight is 433 g/mol. The average Bonchev–Trinajstić information content (AvgIpc) is 3.33. The van der Waals surface area contributed by atoms with Crippen molar-refractivity contribution in [3.05, 3.63) is 89.8 Å². The Bertz CT molecular complexity index is 1290. The molecule has 1 unspecified atom stereocenters. The van der Waals surface area contributed by atoms with Gasteiger partial charge in [0.15, 0.2) is 5.82 Å². The number of hydrogen-bond acceptors (Lipinski definition) is 5. The van der Waals surface area contributed by atoms with Crippen LogP contribution in [0.5, 0.6) is 0 Å². The molecule has 0 saturated heterocycles. The van der Waals surface area contributed by atoms with Crippen molar-refractivity contribution in [3.8, 4) is 5.69 Å². The summed E-state index contributed by atoms with van der Waals surface area (Å²) in [5.41, 5.74) is 2.89. The molecule has 0 bridgehead atoms. The fourth-order valence-corrected chi connectivity index (χ4v) is 3.96. The molecule has 3 heterocycles. The van der Waals surface area contributed by atoms with E-state index in [-0.39, 0.29) is 11.7 Å². The highest BCUT2D eigenvalue weighted by atomic mass is 19.1. The van der Waals surface area contributed by atoms with E-state index in [4.69, 9.17) is 4.98 Å². The van der Waals surface area contributed by atoms with Crippen molar-refractivity contribution >= 4 is 11.6 Å². The third-order valence-corrected chi connectivity index (χ3v) is 5.60. The van der Waals surface area contributed by atoms with Gasteiger partial charge in [0.25, 0.3) is 0 Å². The van der Waals surface area contributed by atoms with E-state index >= 15 is 0 Å². The molecule has 0 radical (unpaired) electrons. The quantitative estimate of drug-likeness (QED) is 0.474. The molecule has 0 fully saturated rings.